The molecule has 3 N–H and O–H groups in total. The summed E-state index contributed by atoms with van der Waals surface area (Å²) in [5, 5.41) is 9.93. The van der Waals surface area contributed by atoms with E-state index in [0.29, 0.717) is 5.06 Å². The first-order valence-electron chi connectivity index (χ1n) is 9.51. The van der Waals surface area contributed by atoms with Crippen LogP contribution in [-0.2, 0) is 0 Å². The monoisotopic (exact) mass is 354 g/mol. The number of ether oxygens (including phenoxy) is 1. The number of primary amides is 1. The third-order valence-electron chi connectivity index (χ3n) is 6.17. The van der Waals surface area contributed by atoms with Crippen molar-refractivity contribution in [3.8, 4) is 17.6 Å². The Balaban J connectivity index is 1.48. The summed E-state index contributed by atoms with van der Waals surface area (Å²) >= 11 is 0. The van der Waals surface area contributed by atoms with Crippen LogP contribution in [0.5, 0.6) is 5.75 Å². The van der Waals surface area contributed by atoms with Crippen LogP contribution in [-0.4, -0.2) is 27.9 Å². The number of urea groups is 1. The molecule has 26 heavy (non-hydrogen) atoms. The zero-order chi connectivity index (χ0) is 18.3. The van der Waals surface area contributed by atoms with E-state index in [2.05, 4.69) is 11.8 Å². The third kappa shape index (κ3) is 3.39. The second-order valence-corrected chi connectivity index (χ2v) is 8.36. The molecule has 4 fully saturated rings. The lowest BCUT2D eigenvalue weighted by molar-refractivity contribution is -0.107. The molecular weight excluding hydrogens is 328 g/mol. The topological polar surface area (TPSA) is 75.8 Å². The van der Waals surface area contributed by atoms with Crippen LogP contribution in [0.4, 0.5) is 4.79 Å². The molecule has 4 aliphatic carbocycles. The van der Waals surface area contributed by atoms with E-state index in [1.165, 1.54) is 38.5 Å². The van der Waals surface area contributed by atoms with Crippen LogP contribution >= 0.6 is 0 Å². The Hall–Kier alpha value is -2.19. The first kappa shape index (κ1) is 17.2. The van der Waals surface area contributed by atoms with E-state index in [1.54, 1.807) is 6.92 Å². The molecule has 0 radical (unpaired) electrons. The molecule has 5 rings (SSSR count). The largest absolute Gasteiger partial charge is 0.487 e. The first-order chi connectivity index (χ1) is 12.4. The van der Waals surface area contributed by atoms with E-state index in [-0.39, 0.29) is 5.60 Å². The Labute approximate surface area is 154 Å². The van der Waals surface area contributed by atoms with Crippen LogP contribution in [0.3, 0.4) is 0 Å². The van der Waals surface area contributed by atoms with Crippen molar-refractivity contribution in [1.82, 2.24) is 5.06 Å². The molecule has 4 saturated carbocycles. The molecule has 1 atom stereocenters. The van der Waals surface area contributed by atoms with Crippen LogP contribution in [0, 0.1) is 29.6 Å². The third-order valence-corrected chi connectivity index (χ3v) is 6.17. The molecular formula is C21H26N2O3. The van der Waals surface area contributed by atoms with Crippen LogP contribution < -0.4 is 10.5 Å². The number of nitrogens with zero attached hydrogens (tertiary/aromatic N) is 1. The Morgan fingerprint density at radius 2 is 1.88 bits per heavy atom. The molecule has 0 spiro atoms. The maximum absolute atomic E-state index is 11.0. The number of benzene rings is 1. The standard InChI is InChI=1S/C21H26N2O3/c1-14(23(25)20(22)24)5-6-15-3-2-4-19(10-15)26-21-11-16-7-17(12-21)9-18(8-16)13-21/h2-4,10,14,16-18,25H,7-9,11-13H2,1H3,(H2,22,24)/t14-,16?,17?,18?,21?/m0/s1. The van der Waals surface area contributed by atoms with Crippen LogP contribution in [0.25, 0.3) is 0 Å². The lowest BCUT2D eigenvalue weighted by Crippen LogP contribution is -2.53. The Morgan fingerprint density at radius 3 is 2.46 bits per heavy atom. The van der Waals surface area contributed by atoms with Crippen LogP contribution in [0.15, 0.2) is 24.3 Å². The molecule has 0 saturated heterocycles. The maximum Gasteiger partial charge on any atom is 0.339 e. The average Bonchev–Trinajstić information content (AvgIpc) is 2.57. The summed E-state index contributed by atoms with van der Waals surface area (Å²) in [6.45, 7) is 1.62. The van der Waals surface area contributed by atoms with Gasteiger partial charge in [-0.25, -0.2) is 4.79 Å². The van der Waals surface area contributed by atoms with Crippen molar-refractivity contribution in [1.29, 1.82) is 0 Å². The van der Waals surface area contributed by atoms with Gasteiger partial charge in [0.2, 0.25) is 0 Å². The fraction of sp³-hybridized carbons (Fsp3) is 0.571. The Bertz CT molecular complexity index is 729. The quantitative estimate of drug-likeness (QED) is 0.495. The molecule has 1 aromatic carbocycles. The zero-order valence-electron chi connectivity index (χ0n) is 15.1. The smallest absolute Gasteiger partial charge is 0.339 e. The SMILES string of the molecule is C[C@@H](C#Cc1cccc(OC23CC4CC(CC(C4)C2)C3)c1)N(O)C(N)=O. The van der Waals surface area contributed by atoms with Gasteiger partial charge in [-0.3, -0.25) is 5.21 Å². The molecule has 2 amide bonds. The van der Waals surface area contributed by atoms with E-state index in [9.17, 15) is 10.0 Å². The minimum absolute atomic E-state index is 0.0158. The predicted octanol–water partition coefficient (Wildman–Crippen LogP) is 3.54. The Morgan fingerprint density at radius 1 is 1.27 bits per heavy atom. The molecule has 0 heterocycles. The molecule has 1 aromatic rings. The summed E-state index contributed by atoms with van der Waals surface area (Å²) in [4.78, 5) is 11.0. The summed E-state index contributed by atoms with van der Waals surface area (Å²) in [6, 6.07) is 6.21. The van der Waals surface area contributed by atoms with Gasteiger partial charge in [0.25, 0.3) is 0 Å². The number of hydrogen-bond acceptors (Lipinski definition) is 3. The van der Waals surface area contributed by atoms with Gasteiger partial charge in [0.15, 0.2) is 0 Å². The van der Waals surface area contributed by atoms with E-state index in [1.807, 2.05) is 24.3 Å². The normalized spacial score (nSPS) is 32.5. The van der Waals surface area contributed by atoms with Crippen molar-refractivity contribution in [3.05, 3.63) is 29.8 Å². The van der Waals surface area contributed by atoms with Crippen molar-refractivity contribution in [2.24, 2.45) is 23.5 Å². The molecule has 0 aromatic heterocycles. The van der Waals surface area contributed by atoms with Gasteiger partial charge in [-0.2, -0.15) is 5.06 Å². The maximum atomic E-state index is 11.0. The summed E-state index contributed by atoms with van der Waals surface area (Å²) in [7, 11) is 0. The van der Waals surface area contributed by atoms with Crippen molar-refractivity contribution in [3.63, 3.8) is 0 Å². The van der Waals surface area contributed by atoms with E-state index in [4.69, 9.17) is 10.5 Å². The van der Waals surface area contributed by atoms with Crippen LogP contribution in [0.2, 0.25) is 0 Å². The molecule has 5 nitrogen and oxygen atoms in total. The van der Waals surface area contributed by atoms with Gasteiger partial charge < -0.3 is 10.5 Å². The van der Waals surface area contributed by atoms with Gasteiger partial charge in [-0.05, 0) is 81.4 Å². The van der Waals surface area contributed by atoms with E-state index >= 15 is 0 Å². The van der Waals surface area contributed by atoms with E-state index < -0.39 is 12.1 Å². The predicted molar refractivity (Wildman–Crippen MR) is 97.5 cm³/mol. The molecule has 4 bridgehead atoms. The summed E-state index contributed by atoms with van der Waals surface area (Å²) < 4.78 is 6.55. The highest BCUT2D eigenvalue weighted by Gasteiger charge is 2.52. The number of amides is 2. The second-order valence-electron chi connectivity index (χ2n) is 8.36. The summed E-state index contributed by atoms with van der Waals surface area (Å²) in [5.74, 6) is 9.21. The number of hydrogen-bond donors (Lipinski definition) is 2. The highest BCUT2D eigenvalue weighted by atomic mass is 16.5. The fourth-order valence-corrected chi connectivity index (χ4v) is 5.48. The summed E-state index contributed by atoms with van der Waals surface area (Å²) in [6.07, 6.45) is 7.73. The minimum atomic E-state index is -0.911. The van der Waals surface area contributed by atoms with Gasteiger partial charge in [-0.1, -0.05) is 17.9 Å². The molecule has 0 unspecified atom stereocenters. The second kappa shape index (κ2) is 6.51. The lowest BCUT2D eigenvalue weighted by Gasteiger charge is -2.56. The molecule has 138 valence electrons. The number of carbonyl (C=O) groups excluding carboxylic acids is 1. The highest BCUT2D eigenvalue weighted by Crippen LogP contribution is 2.57. The van der Waals surface area contributed by atoms with Gasteiger partial charge in [-0.15, -0.1) is 0 Å². The fourth-order valence-electron chi connectivity index (χ4n) is 5.48. The highest BCUT2D eigenvalue weighted by molar-refractivity contribution is 5.71. The number of carbonyl (C=O) groups is 1. The van der Waals surface area contributed by atoms with Gasteiger partial charge in [0, 0.05) is 5.56 Å². The number of hydroxylamine groups is 2. The Kier molecular flexibility index (Phi) is 4.32. The average molecular weight is 354 g/mol. The van der Waals surface area contributed by atoms with E-state index in [0.717, 1.165) is 29.1 Å². The zero-order valence-corrected chi connectivity index (χ0v) is 15.1. The summed E-state index contributed by atoms with van der Waals surface area (Å²) in [5.41, 5.74) is 5.86. The van der Waals surface area contributed by atoms with Crippen molar-refractivity contribution in [2.45, 2.75) is 57.1 Å². The van der Waals surface area contributed by atoms with Gasteiger partial charge in [0.1, 0.15) is 17.4 Å². The first-order valence-corrected chi connectivity index (χ1v) is 9.51. The van der Waals surface area contributed by atoms with Crippen molar-refractivity contribution >= 4 is 6.03 Å². The molecule has 0 aliphatic heterocycles. The molecule has 5 heteroatoms. The number of nitrogens with two attached hydrogens (primary N) is 1. The minimum Gasteiger partial charge on any atom is -0.487 e. The number of rotatable bonds is 3. The van der Waals surface area contributed by atoms with Gasteiger partial charge in [0.05, 0.1) is 0 Å². The van der Waals surface area contributed by atoms with Crippen molar-refractivity contribution < 1.29 is 14.7 Å². The van der Waals surface area contributed by atoms with Gasteiger partial charge >= 0.3 is 6.03 Å². The van der Waals surface area contributed by atoms with Crippen molar-refractivity contribution in [2.75, 3.05) is 0 Å². The lowest BCUT2D eigenvalue weighted by atomic mass is 9.54. The molecule has 4 aliphatic rings. The van der Waals surface area contributed by atoms with Crippen LogP contribution in [0.1, 0.15) is 51.0 Å².